The minimum atomic E-state index is -0.702. The fraction of sp³-hybridized carbons (Fsp3) is 0.182. The van der Waals surface area contributed by atoms with Gasteiger partial charge >= 0.3 is 11.8 Å². The highest BCUT2D eigenvalue weighted by molar-refractivity contribution is 6.45. The van der Waals surface area contributed by atoms with Crippen LogP contribution < -0.4 is 4.90 Å². The van der Waals surface area contributed by atoms with Crippen LogP contribution in [-0.2, 0) is 9.59 Å². The molecule has 86 valence electrons. The van der Waals surface area contributed by atoms with E-state index in [2.05, 4.69) is 4.99 Å². The molecular formula is C11H8ClN3O2. The summed E-state index contributed by atoms with van der Waals surface area (Å²) in [6.07, 6.45) is 0. The van der Waals surface area contributed by atoms with E-state index in [1.165, 1.54) is 4.90 Å². The Balaban J connectivity index is 1.99. The third-order valence-electron chi connectivity index (χ3n) is 2.78. The van der Waals surface area contributed by atoms with Crippen molar-refractivity contribution >= 4 is 35.1 Å². The van der Waals surface area contributed by atoms with E-state index in [1.807, 2.05) is 17.0 Å². The summed E-state index contributed by atoms with van der Waals surface area (Å²) in [6, 6.07) is 7.23. The zero-order valence-corrected chi connectivity index (χ0v) is 9.52. The highest BCUT2D eigenvalue weighted by Gasteiger charge is 2.41. The molecular weight excluding hydrogens is 242 g/mol. The molecule has 2 aliphatic heterocycles. The molecule has 1 aromatic carbocycles. The second-order valence-corrected chi connectivity index (χ2v) is 4.24. The molecule has 0 N–H and O–H groups in total. The number of hydrogen-bond acceptors (Lipinski definition) is 3. The number of hydrogen-bond donors (Lipinski definition) is 0. The molecule has 3 rings (SSSR count). The van der Waals surface area contributed by atoms with Gasteiger partial charge in [-0.2, -0.15) is 4.99 Å². The summed E-state index contributed by atoms with van der Waals surface area (Å²) in [5, 5.41) is 0.609. The maximum Gasteiger partial charge on any atom is 0.338 e. The van der Waals surface area contributed by atoms with Crippen LogP contribution in [0.4, 0.5) is 5.69 Å². The molecule has 0 aromatic heterocycles. The lowest BCUT2D eigenvalue weighted by Crippen LogP contribution is -2.33. The van der Waals surface area contributed by atoms with Gasteiger partial charge in [-0.1, -0.05) is 17.7 Å². The molecule has 0 saturated carbocycles. The first kappa shape index (κ1) is 10.3. The zero-order chi connectivity index (χ0) is 12.0. The van der Waals surface area contributed by atoms with Crippen LogP contribution in [0.25, 0.3) is 0 Å². The molecule has 2 aliphatic rings. The van der Waals surface area contributed by atoms with Crippen LogP contribution in [0.2, 0.25) is 5.02 Å². The first-order valence-electron chi connectivity index (χ1n) is 5.14. The molecule has 1 saturated heterocycles. The minimum Gasteiger partial charge on any atom is -0.310 e. The summed E-state index contributed by atoms with van der Waals surface area (Å²) in [6.45, 7) is 1.11. The Morgan fingerprint density at radius 3 is 2.71 bits per heavy atom. The van der Waals surface area contributed by atoms with Crippen molar-refractivity contribution in [3.05, 3.63) is 29.3 Å². The summed E-state index contributed by atoms with van der Waals surface area (Å²) in [5.41, 5.74) is 0.834. The largest absolute Gasteiger partial charge is 0.338 e. The van der Waals surface area contributed by atoms with Crippen molar-refractivity contribution < 1.29 is 9.59 Å². The van der Waals surface area contributed by atoms with E-state index >= 15 is 0 Å². The Morgan fingerprint density at radius 1 is 1.18 bits per heavy atom. The molecule has 0 atom stereocenters. The average molecular weight is 250 g/mol. The predicted octanol–water partition coefficient (Wildman–Crippen LogP) is 0.885. The number of amides is 2. The van der Waals surface area contributed by atoms with Crippen molar-refractivity contribution in [2.75, 3.05) is 18.0 Å². The Morgan fingerprint density at radius 2 is 1.94 bits per heavy atom. The number of aliphatic imine (C=N–C) groups is 1. The predicted molar refractivity (Wildman–Crippen MR) is 63.0 cm³/mol. The van der Waals surface area contributed by atoms with Gasteiger partial charge in [-0.25, -0.2) is 0 Å². The van der Waals surface area contributed by atoms with Gasteiger partial charge in [0.1, 0.15) is 0 Å². The lowest BCUT2D eigenvalue weighted by atomic mass is 10.3. The molecule has 17 heavy (non-hydrogen) atoms. The van der Waals surface area contributed by atoms with Crippen molar-refractivity contribution in [2.45, 2.75) is 0 Å². The summed E-state index contributed by atoms with van der Waals surface area (Å²) < 4.78 is 0. The van der Waals surface area contributed by atoms with E-state index in [-0.39, 0.29) is 0 Å². The molecule has 5 nitrogen and oxygen atoms in total. The second-order valence-electron chi connectivity index (χ2n) is 3.81. The van der Waals surface area contributed by atoms with Crippen LogP contribution in [0.5, 0.6) is 0 Å². The number of halogens is 1. The Labute approximate surface area is 102 Å². The second kappa shape index (κ2) is 3.56. The summed E-state index contributed by atoms with van der Waals surface area (Å²) >= 11 is 5.91. The van der Waals surface area contributed by atoms with Crippen molar-refractivity contribution in [3.63, 3.8) is 0 Å². The number of anilines is 1. The summed E-state index contributed by atoms with van der Waals surface area (Å²) in [5.74, 6) is -0.849. The van der Waals surface area contributed by atoms with Gasteiger partial charge in [-0.3, -0.25) is 14.5 Å². The highest BCUT2D eigenvalue weighted by Crippen LogP contribution is 2.25. The molecule has 6 heteroatoms. The average Bonchev–Trinajstić information content (AvgIpc) is 2.82. The molecule has 1 fully saturated rings. The van der Waals surface area contributed by atoms with Gasteiger partial charge in [0.2, 0.25) is 5.96 Å². The van der Waals surface area contributed by atoms with E-state index in [9.17, 15) is 9.59 Å². The van der Waals surface area contributed by atoms with Gasteiger partial charge < -0.3 is 4.90 Å². The van der Waals surface area contributed by atoms with Crippen LogP contribution in [0.3, 0.4) is 0 Å². The fourth-order valence-electron chi connectivity index (χ4n) is 2.00. The zero-order valence-electron chi connectivity index (χ0n) is 8.76. The molecule has 0 bridgehead atoms. The SMILES string of the molecule is O=C1N=C2N(CCN2c2cccc(Cl)c2)C1=O. The number of guanidine groups is 1. The van der Waals surface area contributed by atoms with Gasteiger partial charge in [0, 0.05) is 23.8 Å². The molecule has 0 unspecified atom stereocenters. The van der Waals surface area contributed by atoms with Crippen LogP contribution >= 0.6 is 11.6 Å². The number of fused-ring (bicyclic) bond motifs is 1. The number of nitrogens with zero attached hydrogens (tertiary/aromatic N) is 3. The lowest BCUT2D eigenvalue weighted by Gasteiger charge is -2.17. The fourth-order valence-corrected chi connectivity index (χ4v) is 2.19. The van der Waals surface area contributed by atoms with Crippen molar-refractivity contribution in [1.29, 1.82) is 0 Å². The number of rotatable bonds is 1. The van der Waals surface area contributed by atoms with Gasteiger partial charge in [-0.05, 0) is 18.2 Å². The monoisotopic (exact) mass is 249 g/mol. The molecule has 0 radical (unpaired) electrons. The smallest absolute Gasteiger partial charge is 0.310 e. The minimum absolute atomic E-state index is 0.405. The molecule has 2 heterocycles. The third kappa shape index (κ3) is 1.51. The first-order chi connectivity index (χ1) is 8.16. The lowest BCUT2D eigenvalue weighted by molar-refractivity contribution is -0.139. The Bertz CT molecular complexity index is 555. The van der Waals surface area contributed by atoms with Crippen molar-refractivity contribution in [1.82, 2.24) is 4.90 Å². The van der Waals surface area contributed by atoms with Crippen LogP contribution in [-0.4, -0.2) is 35.8 Å². The maximum atomic E-state index is 11.4. The van der Waals surface area contributed by atoms with Crippen molar-refractivity contribution in [3.8, 4) is 0 Å². The summed E-state index contributed by atoms with van der Waals surface area (Å²) in [7, 11) is 0. The number of benzene rings is 1. The number of carbonyl (C=O) groups excluding carboxylic acids is 2. The van der Waals surface area contributed by atoms with E-state index < -0.39 is 11.8 Å². The summed E-state index contributed by atoms with van der Waals surface area (Å²) in [4.78, 5) is 29.6. The third-order valence-corrected chi connectivity index (χ3v) is 3.01. The van der Waals surface area contributed by atoms with Gasteiger partial charge in [0.25, 0.3) is 0 Å². The normalized spacial score (nSPS) is 18.8. The molecule has 0 aliphatic carbocycles. The highest BCUT2D eigenvalue weighted by atomic mass is 35.5. The quantitative estimate of drug-likeness (QED) is 0.695. The molecule has 2 amide bonds. The van der Waals surface area contributed by atoms with Gasteiger partial charge in [0.15, 0.2) is 0 Å². The molecule has 0 spiro atoms. The molecule has 1 aromatic rings. The van der Waals surface area contributed by atoms with E-state index in [0.717, 1.165) is 5.69 Å². The van der Waals surface area contributed by atoms with Gasteiger partial charge in [-0.15, -0.1) is 0 Å². The van der Waals surface area contributed by atoms with E-state index in [0.29, 0.717) is 24.1 Å². The number of carbonyl (C=O) groups is 2. The Hall–Kier alpha value is -1.88. The topological polar surface area (TPSA) is 53.0 Å². The van der Waals surface area contributed by atoms with Crippen LogP contribution in [0.1, 0.15) is 0 Å². The standard InChI is InChI=1S/C11H8ClN3O2/c12-7-2-1-3-8(6-7)14-4-5-15-10(17)9(16)13-11(14)15/h1-3,6H,4-5H2. The van der Waals surface area contributed by atoms with E-state index in [4.69, 9.17) is 11.6 Å². The van der Waals surface area contributed by atoms with Gasteiger partial charge in [0.05, 0.1) is 0 Å². The van der Waals surface area contributed by atoms with Crippen LogP contribution in [0, 0.1) is 0 Å². The Kier molecular flexibility index (Phi) is 2.16. The van der Waals surface area contributed by atoms with Crippen molar-refractivity contribution in [2.24, 2.45) is 4.99 Å². The van der Waals surface area contributed by atoms with E-state index in [1.54, 1.807) is 12.1 Å². The first-order valence-corrected chi connectivity index (χ1v) is 5.52. The maximum absolute atomic E-state index is 11.4. The van der Waals surface area contributed by atoms with Crippen LogP contribution in [0.15, 0.2) is 29.3 Å².